The van der Waals surface area contributed by atoms with Crippen LogP contribution in [0.1, 0.15) is 41.9 Å². The maximum absolute atomic E-state index is 13.6. The van der Waals surface area contributed by atoms with Crippen molar-refractivity contribution in [3.8, 4) is 11.5 Å². The minimum Gasteiger partial charge on any atom is -0.378 e. The highest BCUT2D eigenvalue weighted by atomic mass is 16.2. The molecule has 7 nitrogen and oxygen atoms in total. The van der Waals surface area contributed by atoms with E-state index in [0.29, 0.717) is 13.1 Å². The summed E-state index contributed by atoms with van der Waals surface area (Å²) >= 11 is 0. The van der Waals surface area contributed by atoms with Crippen molar-refractivity contribution in [1.29, 1.82) is 0 Å². The van der Waals surface area contributed by atoms with Crippen molar-refractivity contribution >= 4 is 11.7 Å². The zero-order chi connectivity index (χ0) is 24.5. The molecule has 0 radical (unpaired) electrons. The van der Waals surface area contributed by atoms with Crippen LogP contribution >= 0.6 is 0 Å². The van der Waals surface area contributed by atoms with Crippen molar-refractivity contribution in [2.75, 3.05) is 25.5 Å². The molecule has 2 aromatic carbocycles. The molecule has 0 spiro atoms. The molecule has 0 bridgehead atoms. The Balaban J connectivity index is 1.70. The molecule has 3 heterocycles. The number of hydrogen-bond acceptors (Lipinski definition) is 3. The van der Waals surface area contributed by atoms with Gasteiger partial charge in [0.15, 0.2) is 0 Å². The van der Waals surface area contributed by atoms with Crippen molar-refractivity contribution in [1.82, 2.24) is 24.6 Å². The molecule has 35 heavy (non-hydrogen) atoms. The Labute approximate surface area is 206 Å². The van der Waals surface area contributed by atoms with Crippen molar-refractivity contribution in [3.05, 3.63) is 95.4 Å². The van der Waals surface area contributed by atoms with Gasteiger partial charge in [0, 0.05) is 38.1 Å². The van der Waals surface area contributed by atoms with Gasteiger partial charge in [-0.25, -0.2) is 9.48 Å². The molecule has 1 aliphatic heterocycles. The minimum atomic E-state index is -0.242. The van der Waals surface area contributed by atoms with Gasteiger partial charge in [-0.15, -0.1) is 0 Å². The summed E-state index contributed by atoms with van der Waals surface area (Å²) in [5, 5.41) is 8.01. The average molecular weight is 469 g/mol. The number of aromatic nitrogens is 3. The predicted molar refractivity (Wildman–Crippen MR) is 139 cm³/mol. The molecule has 1 aliphatic rings. The van der Waals surface area contributed by atoms with E-state index in [4.69, 9.17) is 5.10 Å². The largest absolute Gasteiger partial charge is 0.378 e. The van der Waals surface area contributed by atoms with Gasteiger partial charge in [-0.2, -0.15) is 5.10 Å². The van der Waals surface area contributed by atoms with Gasteiger partial charge in [0.25, 0.3) is 0 Å². The van der Waals surface area contributed by atoms with Crippen LogP contribution in [-0.2, 0) is 6.54 Å². The Morgan fingerprint density at radius 1 is 1.06 bits per heavy atom. The molecule has 4 aromatic rings. The third kappa shape index (κ3) is 4.07. The molecule has 0 unspecified atom stereocenters. The van der Waals surface area contributed by atoms with Gasteiger partial charge in [-0.3, -0.25) is 0 Å². The standard InChI is InChI=1S/C28H32N6O/c1-5-17-29-28(35)33-19-24-20(2)30-34(23-10-7-6-8-11-23)27(24)32-18-9-12-25(32)26(33)21-13-15-22(16-14-21)31(3)4/h6-16,18,26H,5,17,19H2,1-4H3,(H,29,35)/t26-/m1/s1. The number of aryl methyl sites for hydroxylation is 1. The number of anilines is 1. The van der Waals surface area contributed by atoms with E-state index in [2.05, 4.69) is 70.4 Å². The summed E-state index contributed by atoms with van der Waals surface area (Å²) in [7, 11) is 4.07. The van der Waals surface area contributed by atoms with Gasteiger partial charge < -0.3 is 19.7 Å². The Hall–Kier alpha value is -4.00. The van der Waals surface area contributed by atoms with E-state index in [1.807, 2.05) is 54.9 Å². The molecular formula is C28H32N6O. The van der Waals surface area contributed by atoms with Gasteiger partial charge in [0.2, 0.25) is 0 Å². The number of amides is 2. The van der Waals surface area contributed by atoms with Crippen LogP contribution in [0, 0.1) is 6.92 Å². The second kappa shape index (κ2) is 9.33. The highest BCUT2D eigenvalue weighted by molar-refractivity contribution is 5.76. The SMILES string of the molecule is CCCNC(=O)N1Cc2c(C)nn(-c3ccccc3)c2-n2cccc2[C@H]1c1ccc(N(C)C)cc1. The summed E-state index contributed by atoms with van der Waals surface area (Å²) in [6.07, 6.45) is 2.96. The maximum Gasteiger partial charge on any atom is 0.318 e. The highest BCUT2D eigenvalue weighted by Crippen LogP contribution is 2.38. The summed E-state index contributed by atoms with van der Waals surface area (Å²) in [6, 6.07) is 22.5. The highest BCUT2D eigenvalue weighted by Gasteiger charge is 2.35. The lowest BCUT2D eigenvalue weighted by Gasteiger charge is -2.31. The van der Waals surface area contributed by atoms with Crippen LogP contribution in [0.4, 0.5) is 10.5 Å². The van der Waals surface area contributed by atoms with Gasteiger partial charge in [0.1, 0.15) is 5.82 Å². The number of benzene rings is 2. The number of para-hydroxylation sites is 1. The van der Waals surface area contributed by atoms with Crippen LogP contribution in [0.3, 0.4) is 0 Å². The molecule has 2 amide bonds. The van der Waals surface area contributed by atoms with Crippen molar-refractivity contribution in [3.63, 3.8) is 0 Å². The molecule has 2 aromatic heterocycles. The first-order valence-corrected chi connectivity index (χ1v) is 12.1. The van der Waals surface area contributed by atoms with Crippen molar-refractivity contribution < 1.29 is 4.79 Å². The molecule has 0 saturated heterocycles. The van der Waals surface area contributed by atoms with Gasteiger partial charge in [-0.05, 0) is 55.3 Å². The second-order valence-corrected chi connectivity index (χ2v) is 9.19. The van der Waals surface area contributed by atoms with Crippen molar-refractivity contribution in [2.24, 2.45) is 0 Å². The number of fused-ring (bicyclic) bond motifs is 3. The van der Waals surface area contributed by atoms with Crippen LogP contribution in [-0.4, -0.2) is 45.9 Å². The fourth-order valence-electron chi connectivity index (χ4n) is 4.79. The molecule has 1 atom stereocenters. The van der Waals surface area contributed by atoms with Crippen LogP contribution < -0.4 is 10.2 Å². The lowest BCUT2D eigenvalue weighted by Crippen LogP contribution is -2.42. The fraction of sp³-hybridized carbons (Fsp3) is 0.286. The lowest BCUT2D eigenvalue weighted by atomic mass is 10.0. The number of urea groups is 1. The van der Waals surface area contributed by atoms with E-state index >= 15 is 0 Å². The Morgan fingerprint density at radius 2 is 1.80 bits per heavy atom. The van der Waals surface area contributed by atoms with E-state index in [0.717, 1.165) is 46.1 Å². The van der Waals surface area contributed by atoms with Crippen LogP contribution in [0.2, 0.25) is 0 Å². The van der Waals surface area contributed by atoms with E-state index in [9.17, 15) is 4.79 Å². The topological polar surface area (TPSA) is 58.3 Å². The van der Waals surface area contributed by atoms with E-state index in [-0.39, 0.29) is 12.1 Å². The van der Waals surface area contributed by atoms with Crippen LogP contribution in [0.15, 0.2) is 72.9 Å². The smallest absolute Gasteiger partial charge is 0.318 e. The number of nitrogens with one attached hydrogen (secondary N) is 1. The maximum atomic E-state index is 13.6. The molecule has 1 N–H and O–H groups in total. The van der Waals surface area contributed by atoms with Crippen molar-refractivity contribution in [2.45, 2.75) is 32.9 Å². The fourth-order valence-corrected chi connectivity index (χ4v) is 4.79. The molecule has 0 fully saturated rings. The molecule has 0 saturated carbocycles. The molecule has 0 aliphatic carbocycles. The number of nitrogens with zero attached hydrogens (tertiary/aromatic N) is 5. The van der Waals surface area contributed by atoms with Gasteiger partial charge in [0.05, 0.1) is 29.7 Å². The van der Waals surface area contributed by atoms with Gasteiger partial charge >= 0.3 is 6.03 Å². The third-order valence-electron chi connectivity index (χ3n) is 6.60. The number of carbonyl (C=O) groups is 1. The summed E-state index contributed by atoms with van der Waals surface area (Å²) in [4.78, 5) is 17.6. The number of hydrogen-bond donors (Lipinski definition) is 1. The second-order valence-electron chi connectivity index (χ2n) is 9.19. The predicted octanol–water partition coefficient (Wildman–Crippen LogP) is 5.06. The minimum absolute atomic E-state index is 0.0685. The van der Waals surface area contributed by atoms with Gasteiger partial charge in [-0.1, -0.05) is 37.3 Å². The van der Waals surface area contributed by atoms with E-state index in [1.54, 1.807) is 0 Å². The average Bonchev–Trinajstić information content (AvgIpc) is 3.43. The first-order valence-electron chi connectivity index (χ1n) is 12.1. The first-order chi connectivity index (χ1) is 17.0. The summed E-state index contributed by atoms with van der Waals surface area (Å²) in [5.41, 5.74) is 6.19. The lowest BCUT2D eigenvalue weighted by molar-refractivity contribution is 0.180. The van der Waals surface area contributed by atoms with E-state index < -0.39 is 0 Å². The normalized spacial score (nSPS) is 14.7. The Bertz CT molecular complexity index is 1320. The number of rotatable bonds is 5. The zero-order valence-electron chi connectivity index (χ0n) is 20.8. The molecular weight excluding hydrogens is 436 g/mol. The number of carbonyl (C=O) groups excluding carboxylic acids is 1. The van der Waals surface area contributed by atoms with Crippen LogP contribution in [0.25, 0.3) is 11.5 Å². The monoisotopic (exact) mass is 468 g/mol. The first kappa shape index (κ1) is 22.8. The summed E-state index contributed by atoms with van der Waals surface area (Å²) in [6.45, 7) is 5.19. The summed E-state index contributed by atoms with van der Waals surface area (Å²) in [5.74, 6) is 0.981. The molecule has 7 heteroatoms. The van der Waals surface area contributed by atoms with E-state index in [1.165, 1.54) is 0 Å². The summed E-state index contributed by atoms with van der Waals surface area (Å²) < 4.78 is 4.19. The molecule has 180 valence electrons. The Morgan fingerprint density at radius 3 is 2.49 bits per heavy atom. The quantitative estimate of drug-likeness (QED) is 0.445. The zero-order valence-corrected chi connectivity index (χ0v) is 20.8. The van der Waals surface area contributed by atoms with Crippen LogP contribution in [0.5, 0.6) is 0 Å². The Kier molecular flexibility index (Phi) is 6.07. The third-order valence-corrected chi connectivity index (χ3v) is 6.60. The molecule has 5 rings (SSSR count).